The number of carbonyl (C=O) groups excluding carboxylic acids is 2. The molecule has 2 aromatic rings. The number of furan rings is 1. The van der Waals surface area contributed by atoms with E-state index in [4.69, 9.17) is 4.42 Å². The van der Waals surface area contributed by atoms with Crippen LogP contribution in [-0.2, 0) is 17.9 Å². The van der Waals surface area contributed by atoms with Gasteiger partial charge in [-0.05, 0) is 36.6 Å². The summed E-state index contributed by atoms with van der Waals surface area (Å²) in [5.41, 5.74) is 1.05. The second-order valence-electron chi connectivity index (χ2n) is 8.52. The van der Waals surface area contributed by atoms with E-state index in [-0.39, 0.29) is 11.8 Å². The van der Waals surface area contributed by atoms with Gasteiger partial charge in [-0.3, -0.25) is 9.59 Å². The molecule has 166 valence electrons. The molecule has 0 bridgehead atoms. The van der Waals surface area contributed by atoms with E-state index < -0.39 is 0 Å². The Labute approximate surface area is 180 Å². The average molecular weight is 418 g/mol. The summed E-state index contributed by atoms with van der Waals surface area (Å²) in [5.74, 6) is 1.38. The minimum absolute atomic E-state index is 0.191. The number of hydrogen-bond donors (Lipinski definition) is 2. The molecule has 0 saturated heterocycles. The number of quaternary nitrogens is 1. The van der Waals surface area contributed by atoms with Crippen LogP contribution in [-0.4, -0.2) is 55.0 Å². The van der Waals surface area contributed by atoms with Gasteiger partial charge in [0.2, 0.25) is 5.91 Å². The first-order chi connectivity index (χ1) is 14.3. The molecule has 0 saturated carbocycles. The molecule has 2 heterocycles. The lowest BCUT2D eigenvalue weighted by Gasteiger charge is -2.24. The van der Waals surface area contributed by atoms with E-state index in [1.807, 2.05) is 43.4 Å². The molecule has 0 radical (unpaired) electrons. The highest BCUT2D eigenvalue weighted by molar-refractivity contribution is 5.91. The van der Waals surface area contributed by atoms with Crippen molar-refractivity contribution in [1.29, 1.82) is 0 Å². The van der Waals surface area contributed by atoms with Crippen LogP contribution >= 0.6 is 0 Å². The van der Waals surface area contributed by atoms with Gasteiger partial charge in [0.05, 0.1) is 40.3 Å². The Hall–Kier alpha value is -2.54. The maximum Gasteiger partial charge on any atom is 0.287 e. The molecule has 0 aromatic carbocycles. The van der Waals surface area contributed by atoms with E-state index in [0.29, 0.717) is 43.5 Å². The highest BCUT2D eigenvalue weighted by Crippen LogP contribution is 2.15. The zero-order valence-electron chi connectivity index (χ0n) is 19.0. The lowest BCUT2D eigenvalue weighted by atomic mass is 10.1. The van der Waals surface area contributed by atoms with Crippen molar-refractivity contribution in [3.63, 3.8) is 0 Å². The monoisotopic (exact) mass is 417 g/mol. The molecular formula is C23H37N4O3+. The molecular weight excluding hydrogens is 380 g/mol. The summed E-state index contributed by atoms with van der Waals surface area (Å²) < 4.78 is 7.83. The van der Waals surface area contributed by atoms with Crippen LogP contribution in [0.2, 0.25) is 0 Å². The lowest BCUT2D eigenvalue weighted by molar-refractivity contribution is -0.856. The summed E-state index contributed by atoms with van der Waals surface area (Å²) in [6.45, 7) is 9.53. The summed E-state index contributed by atoms with van der Waals surface area (Å²) in [7, 11) is 4.09. The van der Waals surface area contributed by atoms with Gasteiger partial charge in [-0.25, -0.2) is 0 Å². The van der Waals surface area contributed by atoms with Crippen LogP contribution in [0.5, 0.6) is 0 Å². The summed E-state index contributed by atoms with van der Waals surface area (Å²) in [4.78, 5) is 28.0. The number of carbonyl (C=O) groups is 2. The molecule has 0 unspecified atom stereocenters. The van der Waals surface area contributed by atoms with Crippen LogP contribution in [0.15, 0.2) is 34.9 Å². The number of hydrogen-bond acceptors (Lipinski definition) is 3. The predicted octanol–water partition coefficient (Wildman–Crippen LogP) is 1.79. The first-order valence-electron chi connectivity index (χ1n) is 10.9. The fraction of sp³-hybridized carbons (Fsp3) is 0.565. The Kier molecular flexibility index (Phi) is 9.17. The number of amides is 2. The summed E-state index contributed by atoms with van der Waals surface area (Å²) in [5, 5.41) is 2.88. The largest absolute Gasteiger partial charge is 0.454 e. The smallest absolute Gasteiger partial charge is 0.287 e. The number of rotatable bonds is 12. The van der Waals surface area contributed by atoms with Crippen molar-refractivity contribution in [2.24, 2.45) is 5.92 Å². The maximum absolute atomic E-state index is 12.6. The number of aromatic nitrogens is 1. The second-order valence-corrected chi connectivity index (χ2v) is 8.52. The van der Waals surface area contributed by atoms with Crippen molar-refractivity contribution in [2.75, 3.05) is 33.7 Å². The second kappa shape index (κ2) is 11.6. The third-order valence-electron chi connectivity index (χ3n) is 4.83. The Morgan fingerprint density at radius 3 is 2.67 bits per heavy atom. The zero-order chi connectivity index (χ0) is 22.1. The molecule has 7 nitrogen and oxygen atoms in total. The zero-order valence-corrected chi connectivity index (χ0v) is 19.0. The first-order valence-corrected chi connectivity index (χ1v) is 10.9. The number of nitrogens with one attached hydrogen (secondary N) is 2. The third kappa shape index (κ3) is 7.37. The maximum atomic E-state index is 12.6. The van der Waals surface area contributed by atoms with Crippen LogP contribution < -0.4 is 10.2 Å². The molecule has 0 aliphatic carbocycles. The summed E-state index contributed by atoms with van der Waals surface area (Å²) >= 11 is 0. The average Bonchev–Trinajstić information content (AvgIpc) is 3.30. The van der Waals surface area contributed by atoms with Crippen molar-refractivity contribution < 1.29 is 18.9 Å². The van der Waals surface area contributed by atoms with Gasteiger partial charge in [-0.2, -0.15) is 0 Å². The van der Waals surface area contributed by atoms with E-state index in [1.54, 1.807) is 6.07 Å². The van der Waals surface area contributed by atoms with Crippen LogP contribution in [0, 0.1) is 5.92 Å². The van der Waals surface area contributed by atoms with Crippen LogP contribution in [0.1, 0.15) is 55.6 Å². The van der Waals surface area contributed by atoms with Crippen molar-refractivity contribution in [3.8, 4) is 0 Å². The van der Waals surface area contributed by atoms with Gasteiger partial charge in [-0.15, -0.1) is 0 Å². The molecule has 2 rings (SSSR count). The fourth-order valence-electron chi connectivity index (χ4n) is 3.25. The van der Waals surface area contributed by atoms with Crippen molar-refractivity contribution >= 4 is 11.8 Å². The molecule has 30 heavy (non-hydrogen) atoms. The van der Waals surface area contributed by atoms with E-state index >= 15 is 0 Å². The SMILES string of the molecule is CCCN(Cc1cccn1Cc1ccc(C(=O)NCC[NH+](C)C)o1)C(=O)CC(C)C. The number of likely N-dealkylation sites (N-methyl/N-ethyl adjacent to an activating group) is 1. The van der Waals surface area contributed by atoms with Gasteiger partial charge in [-0.1, -0.05) is 20.8 Å². The van der Waals surface area contributed by atoms with Crippen molar-refractivity contribution in [2.45, 2.75) is 46.7 Å². The van der Waals surface area contributed by atoms with E-state index in [1.165, 1.54) is 4.90 Å². The van der Waals surface area contributed by atoms with Gasteiger partial charge >= 0.3 is 0 Å². The van der Waals surface area contributed by atoms with Crippen molar-refractivity contribution in [1.82, 2.24) is 14.8 Å². The van der Waals surface area contributed by atoms with Crippen LogP contribution in [0.4, 0.5) is 0 Å². The van der Waals surface area contributed by atoms with Gasteiger partial charge in [0.15, 0.2) is 5.76 Å². The standard InChI is InChI=1S/C23H36N4O3/c1-6-12-27(22(28)15-18(2)3)16-19-8-7-13-26(19)17-20-9-10-21(30-20)23(29)24-11-14-25(4)5/h7-10,13,18H,6,11-12,14-17H2,1-5H3,(H,24,29)/p+1. The molecule has 7 heteroatoms. The van der Waals surface area contributed by atoms with Crippen molar-refractivity contribution in [3.05, 3.63) is 47.7 Å². The normalized spacial score (nSPS) is 11.3. The molecule has 2 amide bonds. The summed E-state index contributed by atoms with van der Waals surface area (Å²) in [6, 6.07) is 7.56. The highest BCUT2D eigenvalue weighted by atomic mass is 16.4. The van der Waals surface area contributed by atoms with Crippen LogP contribution in [0.25, 0.3) is 0 Å². The topological polar surface area (TPSA) is 71.9 Å². The van der Waals surface area contributed by atoms with E-state index in [0.717, 1.165) is 25.2 Å². The molecule has 0 aliphatic rings. The van der Waals surface area contributed by atoms with Gasteiger partial charge < -0.3 is 24.1 Å². The first kappa shape index (κ1) is 23.7. The molecule has 2 N–H and O–H groups in total. The van der Waals surface area contributed by atoms with Gasteiger partial charge in [0, 0.05) is 24.9 Å². The minimum atomic E-state index is -0.191. The Balaban J connectivity index is 2.01. The highest BCUT2D eigenvalue weighted by Gasteiger charge is 2.17. The molecule has 0 fully saturated rings. The summed E-state index contributed by atoms with van der Waals surface area (Å²) in [6.07, 6.45) is 3.47. The third-order valence-corrected chi connectivity index (χ3v) is 4.83. The quantitative estimate of drug-likeness (QED) is 0.553. The molecule has 0 atom stereocenters. The van der Waals surface area contributed by atoms with E-state index in [9.17, 15) is 9.59 Å². The lowest BCUT2D eigenvalue weighted by Crippen LogP contribution is -3.06. The Morgan fingerprint density at radius 1 is 1.23 bits per heavy atom. The predicted molar refractivity (Wildman–Crippen MR) is 117 cm³/mol. The van der Waals surface area contributed by atoms with Gasteiger partial charge in [0.1, 0.15) is 5.76 Å². The van der Waals surface area contributed by atoms with Crippen LogP contribution in [0.3, 0.4) is 0 Å². The van der Waals surface area contributed by atoms with Gasteiger partial charge in [0.25, 0.3) is 5.91 Å². The Bertz CT molecular complexity index is 807. The molecule has 2 aromatic heterocycles. The molecule has 0 aliphatic heterocycles. The minimum Gasteiger partial charge on any atom is -0.454 e. The Morgan fingerprint density at radius 2 is 2.00 bits per heavy atom. The molecule has 0 spiro atoms. The van der Waals surface area contributed by atoms with E-state index in [2.05, 4.69) is 30.7 Å². The fourth-order valence-corrected chi connectivity index (χ4v) is 3.25. The number of nitrogens with zero attached hydrogens (tertiary/aromatic N) is 2.